The number of fused-ring (bicyclic) bond motifs is 2. The minimum atomic E-state index is -0.807. The van der Waals surface area contributed by atoms with Crippen molar-refractivity contribution in [2.75, 3.05) is 6.54 Å². The molecule has 8 nitrogen and oxygen atoms in total. The number of carboxylic acid groups (broad SMARTS) is 1. The lowest BCUT2D eigenvalue weighted by atomic mass is 9.84. The Labute approximate surface area is 121 Å². The first-order chi connectivity index (χ1) is 10.1. The number of rotatable bonds is 5. The van der Waals surface area contributed by atoms with Crippen LogP contribution in [0.1, 0.15) is 25.2 Å². The number of carboxylic acids is 1. The van der Waals surface area contributed by atoms with E-state index in [0.717, 1.165) is 19.3 Å². The molecular formula is C13H18N4O4. The van der Waals surface area contributed by atoms with Crippen LogP contribution in [0.2, 0.25) is 0 Å². The fourth-order valence-corrected chi connectivity index (χ4v) is 3.65. The molecule has 3 N–H and O–H groups in total. The monoisotopic (exact) mass is 294 g/mol. The second-order valence-electron chi connectivity index (χ2n) is 5.71. The largest absolute Gasteiger partial charge is 0.481 e. The standard InChI is InChI=1S/C13H18N4O4/c18-12(19)10-7-1-2-8(5-7)11(10)17-13(20)14-4-3-9-15-6-16-21-9/h6-8,10-11H,1-5H2,(H,18,19)(H2,14,17,20). The maximum atomic E-state index is 11.9. The van der Waals surface area contributed by atoms with E-state index in [9.17, 15) is 14.7 Å². The quantitative estimate of drug-likeness (QED) is 0.724. The van der Waals surface area contributed by atoms with E-state index < -0.39 is 11.9 Å². The van der Waals surface area contributed by atoms with Crippen LogP contribution in [0.5, 0.6) is 0 Å². The smallest absolute Gasteiger partial charge is 0.315 e. The van der Waals surface area contributed by atoms with Crippen LogP contribution in [0.15, 0.2) is 10.9 Å². The molecule has 21 heavy (non-hydrogen) atoms. The van der Waals surface area contributed by atoms with E-state index in [4.69, 9.17) is 4.52 Å². The molecule has 1 heterocycles. The summed E-state index contributed by atoms with van der Waals surface area (Å²) in [6, 6.07) is -0.594. The van der Waals surface area contributed by atoms with Gasteiger partial charge in [-0.1, -0.05) is 5.16 Å². The molecule has 4 unspecified atom stereocenters. The second-order valence-corrected chi connectivity index (χ2v) is 5.71. The Balaban J connectivity index is 1.49. The minimum absolute atomic E-state index is 0.205. The number of carbonyl (C=O) groups is 2. The zero-order valence-electron chi connectivity index (χ0n) is 11.5. The van der Waals surface area contributed by atoms with E-state index in [0.29, 0.717) is 18.9 Å². The molecule has 1 aromatic rings. The maximum Gasteiger partial charge on any atom is 0.315 e. The number of aliphatic carboxylic acids is 1. The Hall–Kier alpha value is -2.12. The molecule has 0 radical (unpaired) electrons. The van der Waals surface area contributed by atoms with Gasteiger partial charge in [0.1, 0.15) is 0 Å². The van der Waals surface area contributed by atoms with Gasteiger partial charge in [-0.15, -0.1) is 0 Å². The van der Waals surface area contributed by atoms with E-state index >= 15 is 0 Å². The van der Waals surface area contributed by atoms with Crippen molar-refractivity contribution in [1.82, 2.24) is 20.8 Å². The first-order valence-electron chi connectivity index (χ1n) is 7.18. The van der Waals surface area contributed by atoms with E-state index in [1.54, 1.807) is 0 Å². The first kappa shape index (κ1) is 13.8. The third-order valence-electron chi connectivity index (χ3n) is 4.53. The van der Waals surface area contributed by atoms with Gasteiger partial charge in [0.05, 0.1) is 5.92 Å². The van der Waals surface area contributed by atoms with E-state index in [-0.39, 0.29) is 23.9 Å². The number of hydrogen-bond acceptors (Lipinski definition) is 5. The molecule has 2 saturated carbocycles. The molecule has 2 aliphatic rings. The highest BCUT2D eigenvalue weighted by Crippen LogP contribution is 2.48. The van der Waals surface area contributed by atoms with Gasteiger partial charge in [0.15, 0.2) is 6.33 Å². The number of urea groups is 1. The highest BCUT2D eigenvalue weighted by molar-refractivity contribution is 5.77. The summed E-state index contributed by atoms with van der Waals surface area (Å²) < 4.78 is 4.83. The Morgan fingerprint density at radius 3 is 2.90 bits per heavy atom. The molecular weight excluding hydrogens is 276 g/mol. The van der Waals surface area contributed by atoms with E-state index in [2.05, 4.69) is 20.8 Å². The van der Waals surface area contributed by atoms with Crippen molar-refractivity contribution in [2.45, 2.75) is 31.7 Å². The van der Waals surface area contributed by atoms with Gasteiger partial charge >= 0.3 is 12.0 Å². The summed E-state index contributed by atoms with van der Waals surface area (Å²) in [6.07, 6.45) is 4.62. The molecule has 0 aliphatic heterocycles. The third-order valence-corrected chi connectivity index (χ3v) is 4.53. The molecule has 2 aliphatic carbocycles. The first-order valence-corrected chi connectivity index (χ1v) is 7.18. The zero-order valence-corrected chi connectivity index (χ0v) is 11.5. The number of carbonyl (C=O) groups excluding carboxylic acids is 1. The van der Waals surface area contributed by atoms with Crippen LogP contribution in [0.3, 0.4) is 0 Å². The van der Waals surface area contributed by atoms with Crippen molar-refractivity contribution in [3.8, 4) is 0 Å². The molecule has 4 atom stereocenters. The molecule has 0 aromatic carbocycles. The van der Waals surface area contributed by atoms with E-state index in [1.165, 1.54) is 6.33 Å². The maximum absolute atomic E-state index is 11.9. The van der Waals surface area contributed by atoms with Crippen LogP contribution in [0.4, 0.5) is 4.79 Å². The summed E-state index contributed by atoms with van der Waals surface area (Å²) in [5.74, 6) is -0.309. The summed E-state index contributed by atoms with van der Waals surface area (Å²) in [7, 11) is 0. The highest BCUT2D eigenvalue weighted by Gasteiger charge is 2.51. The lowest BCUT2D eigenvalue weighted by Gasteiger charge is -2.28. The fourth-order valence-electron chi connectivity index (χ4n) is 3.65. The van der Waals surface area contributed by atoms with Gasteiger partial charge in [0.25, 0.3) is 0 Å². The van der Waals surface area contributed by atoms with Gasteiger partial charge in [0, 0.05) is 19.0 Å². The predicted octanol–water partition coefficient (Wildman–Crippen LogP) is 0.411. The number of nitrogens with zero attached hydrogens (tertiary/aromatic N) is 2. The summed E-state index contributed by atoms with van der Waals surface area (Å²) in [5, 5.41) is 18.3. The molecule has 2 bridgehead atoms. The topological polar surface area (TPSA) is 117 Å². The summed E-state index contributed by atoms with van der Waals surface area (Å²) >= 11 is 0. The van der Waals surface area contributed by atoms with Crippen molar-refractivity contribution >= 4 is 12.0 Å². The Kier molecular flexibility index (Phi) is 3.76. The number of amides is 2. The van der Waals surface area contributed by atoms with Gasteiger partial charge in [-0.2, -0.15) is 4.98 Å². The van der Waals surface area contributed by atoms with Crippen molar-refractivity contribution in [3.63, 3.8) is 0 Å². The van der Waals surface area contributed by atoms with Crippen LogP contribution in [-0.4, -0.2) is 39.8 Å². The van der Waals surface area contributed by atoms with Crippen molar-refractivity contribution < 1.29 is 19.2 Å². The average molecular weight is 294 g/mol. The van der Waals surface area contributed by atoms with Crippen LogP contribution in [0, 0.1) is 17.8 Å². The van der Waals surface area contributed by atoms with Crippen molar-refractivity contribution in [3.05, 3.63) is 12.2 Å². The predicted molar refractivity (Wildman–Crippen MR) is 70.3 cm³/mol. The normalized spacial score (nSPS) is 30.3. The lowest BCUT2D eigenvalue weighted by Crippen LogP contribution is -2.50. The molecule has 114 valence electrons. The zero-order chi connectivity index (χ0) is 14.8. The molecule has 3 rings (SSSR count). The summed E-state index contributed by atoms with van der Waals surface area (Å²) in [4.78, 5) is 27.1. The van der Waals surface area contributed by atoms with Crippen molar-refractivity contribution in [1.29, 1.82) is 0 Å². The fraction of sp³-hybridized carbons (Fsp3) is 0.692. The molecule has 0 spiro atoms. The van der Waals surface area contributed by atoms with Crippen molar-refractivity contribution in [2.24, 2.45) is 17.8 Å². The molecule has 2 fully saturated rings. The molecule has 2 amide bonds. The van der Waals surface area contributed by atoms with E-state index in [1.807, 2.05) is 0 Å². The Bertz CT molecular complexity index is 518. The van der Waals surface area contributed by atoms with Crippen LogP contribution in [-0.2, 0) is 11.2 Å². The van der Waals surface area contributed by atoms with Gasteiger partial charge in [-0.05, 0) is 31.1 Å². The Morgan fingerprint density at radius 2 is 2.19 bits per heavy atom. The SMILES string of the molecule is O=C(NCCc1ncno1)NC1C2CCC(C2)C1C(=O)O. The second kappa shape index (κ2) is 5.71. The highest BCUT2D eigenvalue weighted by atomic mass is 16.5. The van der Waals surface area contributed by atoms with Crippen LogP contribution >= 0.6 is 0 Å². The third kappa shape index (κ3) is 2.84. The van der Waals surface area contributed by atoms with Crippen LogP contribution < -0.4 is 10.6 Å². The average Bonchev–Trinajstić information content (AvgIpc) is 3.14. The van der Waals surface area contributed by atoms with Gasteiger partial charge in [-0.3, -0.25) is 4.79 Å². The lowest BCUT2D eigenvalue weighted by molar-refractivity contribution is -0.144. The molecule has 8 heteroatoms. The summed E-state index contributed by atoms with van der Waals surface area (Å²) in [5.41, 5.74) is 0. The number of hydrogen-bond donors (Lipinski definition) is 3. The minimum Gasteiger partial charge on any atom is -0.481 e. The van der Waals surface area contributed by atoms with Gasteiger partial charge < -0.3 is 20.3 Å². The summed E-state index contributed by atoms with van der Waals surface area (Å²) in [6.45, 7) is 0.368. The molecule has 0 saturated heterocycles. The van der Waals surface area contributed by atoms with Gasteiger partial charge in [0.2, 0.25) is 5.89 Å². The number of nitrogens with one attached hydrogen (secondary N) is 2. The number of aromatic nitrogens is 2. The molecule has 1 aromatic heterocycles. The van der Waals surface area contributed by atoms with Gasteiger partial charge in [-0.25, -0.2) is 4.79 Å². The Morgan fingerprint density at radius 1 is 1.38 bits per heavy atom. The van der Waals surface area contributed by atoms with Crippen LogP contribution in [0.25, 0.3) is 0 Å².